The van der Waals surface area contributed by atoms with Gasteiger partial charge >= 0.3 is 5.97 Å². The molecule has 0 aromatic rings. The van der Waals surface area contributed by atoms with E-state index in [1.807, 2.05) is 0 Å². The van der Waals surface area contributed by atoms with Crippen molar-refractivity contribution in [3.8, 4) is 0 Å². The third kappa shape index (κ3) is 4.46. The number of likely N-dealkylation sites (tertiary alicyclic amines) is 1. The molecule has 2 rings (SSSR count). The molecule has 1 aliphatic carbocycles. The van der Waals surface area contributed by atoms with Crippen molar-refractivity contribution in [2.45, 2.75) is 64.1 Å². The van der Waals surface area contributed by atoms with Gasteiger partial charge in [0.15, 0.2) is 0 Å². The monoisotopic (exact) mass is 268 g/mol. The second-order valence-electron chi connectivity index (χ2n) is 6.32. The molecule has 0 bridgehead atoms. The van der Waals surface area contributed by atoms with Crippen molar-refractivity contribution in [1.82, 2.24) is 10.2 Å². The van der Waals surface area contributed by atoms with E-state index in [1.165, 1.54) is 39.3 Å². The molecule has 3 unspecified atom stereocenters. The summed E-state index contributed by atoms with van der Waals surface area (Å²) in [6.45, 7) is 6.80. The van der Waals surface area contributed by atoms with Gasteiger partial charge < -0.3 is 15.0 Å². The second kappa shape index (κ2) is 6.71. The van der Waals surface area contributed by atoms with E-state index in [0.29, 0.717) is 12.1 Å². The summed E-state index contributed by atoms with van der Waals surface area (Å²) >= 11 is 0. The van der Waals surface area contributed by atoms with Gasteiger partial charge in [0.05, 0.1) is 7.11 Å². The normalized spacial score (nSPS) is 30.1. The van der Waals surface area contributed by atoms with Gasteiger partial charge in [-0.15, -0.1) is 0 Å². The van der Waals surface area contributed by atoms with Crippen LogP contribution >= 0.6 is 0 Å². The summed E-state index contributed by atoms with van der Waals surface area (Å²) < 4.78 is 4.90. The van der Waals surface area contributed by atoms with Gasteiger partial charge in [0.1, 0.15) is 6.04 Å². The zero-order chi connectivity index (χ0) is 13.8. The topological polar surface area (TPSA) is 41.6 Å². The standard InChI is InChI=1S/C15H28N2O2/c1-11-6-8-17(12(2)10-11)9-7-14(15(18)19-3)16-13-4-5-13/h11-14,16H,4-10H2,1-3H3. The van der Waals surface area contributed by atoms with E-state index in [0.717, 1.165) is 18.9 Å². The average molecular weight is 268 g/mol. The number of ether oxygens (including phenoxy) is 1. The molecule has 0 aromatic carbocycles. The number of rotatable bonds is 6. The minimum atomic E-state index is -0.121. The first-order valence-corrected chi connectivity index (χ1v) is 7.68. The van der Waals surface area contributed by atoms with Crippen molar-refractivity contribution in [3.63, 3.8) is 0 Å². The van der Waals surface area contributed by atoms with Crippen LogP contribution in [0.5, 0.6) is 0 Å². The van der Waals surface area contributed by atoms with E-state index in [-0.39, 0.29) is 12.0 Å². The lowest BCUT2D eigenvalue weighted by Crippen LogP contribution is -2.45. The Hall–Kier alpha value is -0.610. The summed E-state index contributed by atoms with van der Waals surface area (Å²) in [5, 5.41) is 3.40. The van der Waals surface area contributed by atoms with Gasteiger partial charge in [0.2, 0.25) is 0 Å². The maximum atomic E-state index is 11.8. The van der Waals surface area contributed by atoms with Crippen LogP contribution in [-0.2, 0) is 9.53 Å². The molecule has 1 saturated carbocycles. The van der Waals surface area contributed by atoms with Gasteiger partial charge in [0, 0.05) is 18.6 Å². The SMILES string of the molecule is COC(=O)C(CCN1CCC(C)CC1C)NC1CC1. The summed E-state index contributed by atoms with van der Waals surface area (Å²) in [6.07, 6.45) is 5.82. The first kappa shape index (κ1) is 14.8. The Morgan fingerprint density at radius 1 is 1.37 bits per heavy atom. The molecule has 1 heterocycles. The van der Waals surface area contributed by atoms with Gasteiger partial charge in [-0.2, -0.15) is 0 Å². The van der Waals surface area contributed by atoms with Crippen LogP contribution in [0.4, 0.5) is 0 Å². The highest BCUT2D eigenvalue weighted by Crippen LogP contribution is 2.23. The maximum absolute atomic E-state index is 11.8. The van der Waals surface area contributed by atoms with Crippen LogP contribution in [0, 0.1) is 5.92 Å². The summed E-state index contributed by atoms with van der Waals surface area (Å²) in [6, 6.07) is 1.06. The molecule has 110 valence electrons. The van der Waals surface area contributed by atoms with Crippen LogP contribution in [0.25, 0.3) is 0 Å². The number of hydrogen-bond acceptors (Lipinski definition) is 4. The van der Waals surface area contributed by atoms with Gasteiger partial charge in [-0.05, 0) is 51.5 Å². The highest BCUT2D eigenvalue weighted by molar-refractivity contribution is 5.75. The molecule has 3 atom stereocenters. The molecule has 0 spiro atoms. The van der Waals surface area contributed by atoms with Crippen molar-refractivity contribution < 1.29 is 9.53 Å². The van der Waals surface area contributed by atoms with Crippen molar-refractivity contribution >= 4 is 5.97 Å². The fourth-order valence-electron chi connectivity index (χ4n) is 3.03. The Balaban J connectivity index is 1.78. The number of hydrogen-bond donors (Lipinski definition) is 1. The van der Waals surface area contributed by atoms with Crippen LogP contribution in [-0.4, -0.2) is 49.2 Å². The summed E-state index contributed by atoms with van der Waals surface area (Å²) in [5.74, 6) is 0.733. The lowest BCUT2D eigenvalue weighted by atomic mass is 9.93. The number of carbonyl (C=O) groups excluding carboxylic acids is 1. The Bertz CT molecular complexity index is 305. The lowest BCUT2D eigenvalue weighted by molar-refractivity contribution is -0.143. The van der Waals surface area contributed by atoms with Crippen molar-refractivity contribution in [2.24, 2.45) is 5.92 Å². The average Bonchev–Trinajstić information content (AvgIpc) is 3.19. The lowest BCUT2D eigenvalue weighted by Gasteiger charge is -2.37. The van der Waals surface area contributed by atoms with Gasteiger partial charge in [-0.25, -0.2) is 0 Å². The van der Waals surface area contributed by atoms with Gasteiger partial charge in [-0.1, -0.05) is 6.92 Å². The number of piperidine rings is 1. The maximum Gasteiger partial charge on any atom is 0.322 e. The Morgan fingerprint density at radius 3 is 2.68 bits per heavy atom. The predicted molar refractivity (Wildman–Crippen MR) is 76.0 cm³/mol. The molecule has 0 radical (unpaired) electrons. The number of nitrogens with one attached hydrogen (secondary N) is 1. The largest absolute Gasteiger partial charge is 0.468 e. The van der Waals surface area contributed by atoms with E-state index in [9.17, 15) is 4.79 Å². The molecule has 0 amide bonds. The Kier molecular flexibility index (Phi) is 5.22. The minimum Gasteiger partial charge on any atom is -0.468 e. The van der Waals surface area contributed by atoms with Gasteiger partial charge in [0.25, 0.3) is 0 Å². The Labute approximate surface area is 116 Å². The third-order valence-corrected chi connectivity index (χ3v) is 4.48. The van der Waals surface area contributed by atoms with Crippen LogP contribution in [0.3, 0.4) is 0 Å². The number of nitrogens with zero attached hydrogens (tertiary/aromatic N) is 1. The first-order chi connectivity index (χ1) is 9.10. The molecule has 4 nitrogen and oxygen atoms in total. The van der Waals surface area contributed by atoms with E-state index in [4.69, 9.17) is 4.74 Å². The first-order valence-electron chi connectivity index (χ1n) is 7.68. The van der Waals surface area contributed by atoms with Crippen molar-refractivity contribution in [3.05, 3.63) is 0 Å². The zero-order valence-corrected chi connectivity index (χ0v) is 12.5. The van der Waals surface area contributed by atoms with E-state index >= 15 is 0 Å². The predicted octanol–water partition coefficient (Wildman–Crippen LogP) is 1.79. The number of carbonyl (C=O) groups is 1. The molecule has 1 N–H and O–H groups in total. The molecular formula is C15H28N2O2. The summed E-state index contributed by atoms with van der Waals surface area (Å²) in [4.78, 5) is 14.3. The van der Waals surface area contributed by atoms with E-state index < -0.39 is 0 Å². The van der Waals surface area contributed by atoms with E-state index in [1.54, 1.807) is 0 Å². The molecule has 4 heteroatoms. The fourth-order valence-corrected chi connectivity index (χ4v) is 3.03. The highest BCUT2D eigenvalue weighted by Gasteiger charge is 2.30. The quantitative estimate of drug-likeness (QED) is 0.746. The zero-order valence-electron chi connectivity index (χ0n) is 12.5. The van der Waals surface area contributed by atoms with Crippen LogP contribution in [0.2, 0.25) is 0 Å². The molecule has 1 saturated heterocycles. The second-order valence-corrected chi connectivity index (χ2v) is 6.32. The molecule has 2 aliphatic rings. The Morgan fingerprint density at radius 2 is 2.11 bits per heavy atom. The summed E-state index contributed by atoms with van der Waals surface area (Å²) in [7, 11) is 1.48. The number of methoxy groups -OCH3 is 1. The number of esters is 1. The molecule has 1 aliphatic heterocycles. The van der Waals surface area contributed by atoms with Crippen LogP contribution in [0.15, 0.2) is 0 Å². The molecular weight excluding hydrogens is 240 g/mol. The van der Waals surface area contributed by atoms with Crippen LogP contribution < -0.4 is 5.32 Å². The third-order valence-electron chi connectivity index (χ3n) is 4.48. The fraction of sp³-hybridized carbons (Fsp3) is 0.933. The molecule has 2 fully saturated rings. The minimum absolute atomic E-state index is 0.107. The summed E-state index contributed by atoms with van der Waals surface area (Å²) in [5.41, 5.74) is 0. The van der Waals surface area contributed by atoms with Crippen LogP contribution in [0.1, 0.15) is 46.0 Å². The van der Waals surface area contributed by atoms with Crippen molar-refractivity contribution in [1.29, 1.82) is 0 Å². The smallest absolute Gasteiger partial charge is 0.322 e. The molecule has 0 aromatic heterocycles. The van der Waals surface area contributed by atoms with Crippen molar-refractivity contribution in [2.75, 3.05) is 20.2 Å². The van der Waals surface area contributed by atoms with E-state index in [2.05, 4.69) is 24.1 Å². The van der Waals surface area contributed by atoms with Gasteiger partial charge in [-0.3, -0.25) is 4.79 Å². The highest BCUT2D eigenvalue weighted by atomic mass is 16.5. The molecule has 19 heavy (non-hydrogen) atoms.